The Balaban J connectivity index is 2.01. The molecule has 6 nitrogen and oxygen atoms in total. The van der Waals surface area contributed by atoms with Gasteiger partial charge in [0.25, 0.3) is 0 Å². The van der Waals surface area contributed by atoms with Gasteiger partial charge in [-0.05, 0) is 26.7 Å². The third kappa shape index (κ3) is 4.33. The van der Waals surface area contributed by atoms with Gasteiger partial charge in [0.1, 0.15) is 0 Å². The molecule has 1 heterocycles. The average molecular weight is 342 g/mol. The quantitative estimate of drug-likeness (QED) is 0.881. The number of hydrogen-bond acceptors (Lipinski definition) is 3. The van der Waals surface area contributed by atoms with Gasteiger partial charge in [0.15, 0.2) is 17.4 Å². The van der Waals surface area contributed by atoms with E-state index in [0.29, 0.717) is 12.8 Å². The molecule has 0 bridgehead atoms. The summed E-state index contributed by atoms with van der Waals surface area (Å²) < 4.78 is 32.9. The third-order valence-corrected chi connectivity index (χ3v) is 3.73. The van der Waals surface area contributed by atoms with Crippen molar-refractivity contribution in [3.63, 3.8) is 0 Å². The number of aliphatic carboxylic acids is 1. The molecule has 2 amide bonds. The first-order valence-corrected chi connectivity index (χ1v) is 7.72. The molecule has 1 aromatic carbocycles. The van der Waals surface area contributed by atoms with Crippen LogP contribution in [0.25, 0.3) is 0 Å². The number of nitrogens with one attached hydrogen (secondary N) is 1. The predicted octanol–water partition coefficient (Wildman–Crippen LogP) is 3.08. The van der Waals surface area contributed by atoms with Gasteiger partial charge in [-0.3, -0.25) is 4.79 Å². The van der Waals surface area contributed by atoms with Crippen molar-refractivity contribution in [2.45, 2.75) is 32.8 Å². The van der Waals surface area contributed by atoms with Crippen LogP contribution in [0.3, 0.4) is 0 Å². The number of amides is 2. The van der Waals surface area contributed by atoms with Crippen LogP contribution in [0.2, 0.25) is 0 Å². The van der Waals surface area contributed by atoms with Gasteiger partial charge in [-0.1, -0.05) is 0 Å². The summed E-state index contributed by atoms with van der Waals surface area (Å²) in [4.78, 5) is 24.4. The van der Waals surface area contributed by atoms with Crippen LogP contribution in [-0.2, 0) is 4.79 Å². The maximum absolute atomic E-state index is 13.9. The number of carboxylic acids is 1. The van der Waals surface area contributed by atoms with Gasteiger partial charge in [-0.25, -0.2) is 13.6 Å². The fourth-order valence-electron chi connectivity index (χ4n) is 2.51. The van der Waals surface area contributed by atoms with Gasteiger partial charge in [0, 0.05) is 30.9 Å². The number of anilines is 1. The molecule has 0 spiro atoms. The third-order valence-electron chi connectivity index (χ3n) is 3.73. The summed E-state index contributed by atoms with van der Waals surface area (Å²) >= 11 is 0. The fourth-order valence-corrected chi connectivity index (χ4v) is 2.51. The fraction of sp³-hybridized carbons (Fsp3) is 0.500. The molecule has 1 fully saturated rings. The van der Waals surface area contributed by atoms with Crippen molar-refractivity contribution < 1.29 is 28.2 Å². The van der Waals surface area contributed by atoms with Gasteiger partial charge in [0.05, 0.1) is 12.0 Å². The number of ether oxygens (including phenoxy) is 1. The first kappa shape index (κ1) is 18.0. The van der Waals surface area contributed by atoms with Gasteiger partial charge >= 0.3 is 12.0 Å². The number of urea groups is 1. The topological polar surface area (TPSA) is 78.9 Å². The largest absolute Gasteiger partial charge is 0.485 e. The Hall–Kier alpha value is -2.38. The molecule has 1 aromatic rings. The highest BCUT2D eigenvalue weighted by atomic mass is 19.1. The maximum atomic E-state index is 13.9. The molecular weight excluding hydrogens is 322 g/mol. The second-order valence-electron chi connectivity index (χ2n) is 5.97. The van der Waals surface area contributed by atoms with Crippen molar-refractivity contribution in [3.05, 3.63) is 23.8 Å². The van der Waals surface area contributed by atoms with Crippen LogP contribution in [0.4, 0.5) is 19.3 Å². The maximum Gasteiger partial charge on any atom is 0.321 e. The number of likely N-dealkylation sites (tertiary alicyclic amines) is 1. The van der Waals surface area contributed by atoms with E-state index in [1.54, 1.807) is 13.8 Å². The Morgan fingerprint density at radius 2 is 1.79 bits per heavy atom. The summed E-state index contributed by atoms with van der Waals surface area (Å²) in [7, 11) is 0. The van der Waals surface area contributed by atoms with Crippen molar-refractivity contribution >= 4 is 17.7 Å². The molecule has 1 aliphatic heterocycles. The number of nitrogens with zero attached hydrogens (tertiary/aromatic N) is 1. The first-order chi connectivity index (χ1) is 11.3. The van der Waals surface area contributed by atoms with E-state index >= 15 is 0 Å². The second-order valence-corrected chi connectivity index (χ2v) is 5.97. The summed E-state index contributed by atoms with van der Waals surface area (Å²) in [6, 6.07) is 1.46. The molecule has 2 N–H and O–H groups in total. The van der Waals surface area contributed by atoms with Crippen LogP contribution in [-0.4, -0.2) is 41.2 Å². The highest BCUT2D eigenvalue weighted by Crippen LogP contribution is 2.27. The Kier molecular flexibility index (Phi) is 5.58. The van der Waals surface area contributed by atoms with Gasteiger partial charge in [-0.15, -0.1) is 0 Å². The molecule has 0 unspecified atom stereocenters. The zero-order chi connectivity index (χ0) is 17.9. The minimum Gasteiger partial charge on any atom is -0.485 e. The normalized spacial score (nSPS) is 15.5. The Bertz CT molecular complexity index is 605. The van der Waals surface area contributed by atoms with Crippen LogP contribution >= 0.6 is 0 Å². The van der Waals surface area contributed by atoms with Crippen LogP contribution in [0.5, 0.6) is 5.75 Å². The molecule has 0 aliphatic carbocycles. The molecule has 8 heteroatoms. The number of hydrogen-bond donors (Lipinski definition) is 2. The molecule has 0 saturated carbocycles. The molecule has 24 heavy (non-hydrogen) atoms. The van der Waals surface area contributed by atoms with E-state index in [0.717, 1.165) is 12.1 Å². The van der Waals surface area contributed by atoms with Crippen molar-refractivity contribution in [1.29, 1.82) is 0 Å². The van der Waals surface area contributed by atoms with E-state index in [2.05, 4.69) is 5.32 Å². The summed E-state index contributed by atoms with van der Waals surface area (Å²) in [5.74, 6) is -3.62. The lowest BCUT2D eigenvalue weighted by Gasteiger charge is -2.30. The summed E-state index contributed by atoms with van der Waals surface area (Å²) in [6.07, 6.45) is 0.323. The number of carboxylic acid groups (broad SMARTS) is 1. The van der Waals surface area contributed by atoms with Crippen LogP contribution in [0, 0.1) is 17.6 Å². The molecule has 1 saturated heterocycles. The monoisotopic (exact) mass is 342 g/mol. The molecule has 0 aromatic heterocycles. The Morgan fingerprint density at radius 1 is 1.25 bits per heavy atom. The van der Waals surface area contributed by atoms with E-state index in [1.165, 1.54) is 4.90 Å². The van der Waals surface area contributed by atoms with Crippen molar-refractivity contribution in [1.82, 2.24) is 4.90 Å². The van der Waals surface area contributed by atoms with Crippen molar-refractivity contribution in [2.24, 2.45) is 5.92 Å². The lowest BCUT2D eigenvalue weighted by Crippen LogP contribution is -2.42. The molecule has 0 radical (unpaired) electrons. The van der Waals surface area contributed by atoms with E-state index in [1.807, 2.05) is 0 Å². The molecule has 2 rings (SSSR count). The summed E-state index contributed by atoms with van der Waals surface area (Å²) in [6.45, 7) is 3.86. The standard InChI is InChI=1S/C16H20F2N2O4/c1-9(2)24-14-12(17)7-11(8-13(14)18)19-16(23)20-5-3-10(4-6-20)15(21)22/h7-10H,3-6H2,1-2H3,(H,19,23)(H,21,22). The van der Waals surface area contributed by atoms with E-state index in [4.69, 9.17) is 9.84 Å². The number of halogens is 2. The number of carbonyl (C=O) groups excluding carboxylic acids is 1. The molecule has 0 atom stereocenters. The Morgan fingerprint density at radius 3 is 2.25 bits per heavy atom. The zero-order valence-electron chi connectivity index (χ0n) is 13.5. The van der Waals surface area contributed by atoms with Crippen LogP contribution < -0.4 is 10.1 Å². The highest BCUT2D eigenvalue weighted by Gasteiger charge is 2.27. The molecular formula is C16H20F2N2O4. The molecule has 1 aliphatic rings. The average Bonchev–Trinajstić information content (AvgIpc) is 2.50. The van der Waals surface area contributed by atoms with E-state index in [9.17, 15) is 18.4 Å². The van der Waals surface area contributed by atoms with Crippen molar-refractivity contribution in [3.8, 4) is 5.75 Å². The SMILES string of the molecule is CC(C)Oc1c(F)cc(NC(=O)N2CCC(C(=O)O)CC2)cc1F. The lowest BCUT2D eigenvalue weighted by molar-refractivity contribution is -0.143. The zero-order valence-corrected chi connectivity index (χ0v) is 13.5. The second kappa shape index (κ2) is 7.46. The van der Waals surface area contributed by atoms with Crippen LogP contribution in [0.1, 0.15) is 26.7 Å². The predicted molar refractivity (Wildman–Crippen MR) is 83.1 cm³/mol. The Labute approximate surface area is 138 Å². The van der Waals surface area contributed by atoms with Crippen LogP contribution in [0.15, 0.2) is 12.1 Å². The van der Waals surface area contributed by atoms with Gasteiger partial charge in [0.2, 0.25) is 0 Å². The van der Waals surface area contributed by atoms with E-state index < -0.39 is 35.3 Å². The molecule has 132 valence electrons. The first-order valence-electron chi connectivity index (χ1n) is 7.72. The number of piperidine rings is 1. The number of rotatable bonds is 4. The minimum absolute atomic E-state index is 0.0218. The summed E-state index contributed by atoms with van der Waals surface area (Å²) in [5, 5.41) is 11.4. The van der Waals surface area contributed by atoms with Gasteiger partial charge in [-0.2, -0.15) is 0 Å². The number of benzene rings is 1. The highest BCUT2D eigenvalue weighted by molar-refractivity contribution is 5.89. The van der Waals surface area contributed by atoms with Crippen molar-refractivity contribution in [2.75, 3.05) is 18.4 Å². The number of carbonyl (C=O) groups is 2. The smallest absolute Gasteiger partial charge is 0.321 e. The van der Waals surface area contributed by atoms with E-state index in [-0.39, 0.29) is 24.9 Å². The summed E-state index contributed by atoms with van der Waals surface area (Å²) in [5.41, 5.74) is -0.0218. The minimum atomic E-state index is -0.899. The lowest BCUT2D eigenvalue weighted by atomic mass is 9.97. The van der Waals surface area contributed by atoms with Gasteiger partial charge < -0.3 is 20.1 Å².